The average Bonchev–Trinajstić information content (AvgIpc) is 2.89. The van der Waals surface area contributed by atoms with E-state index in [4.69, 9.17) is 11.6 Å². The summed E-state index contributed by atoms with van der Waals surface area (Å²) in [6, 6.07) is 2.02. The number of nitrogens with zero attached hydrogens (tertiary/aromatic N) is 1. The highest BCUT2D eigenvalue weighted by molar-refractivity contribution is 7.07. The lowest BCUT2D eigenvalue weighted by atomic mass is 10.1. The van der Waals surface area contributed by atoms with E-state index in [1.807, 2.05) is 21.7 Å². The fourth-order valence-electron chi connectivity index (χ4n) is 2.13. The number of alkyl halides is 1. The van der Waals surface area contributed by atoms with Crippen LogP contribution in [0.25, 0.3) is 0 Å². The number of hydrogen-bond acceptors (Lipinski definition) is 2. The molecule has 1 aromatic rings. The molecule has 1 unspecified atom stereocenters. The molecule has 0 aliphatic carbocycles. The van der Waals surface area contributed by atoms with Gasteiger partial charge in [-0.25, -0.2) is 0 Å². The number of carbonyl (C=O) groups excluding carboxylic acids is 1. The standard InChI is InChI=1S/C12H16ClNOS/c13-4-1-10-2-5-14(8-10)12(15)7-11-3-6-16-9-11/h3,6,9-10H,1-2,4-5,7-8H2. The summed E-state index contributed by atoms with van der Waals surface area (Å²) < 4.78 is 0. The van der Waals surface area contributed by atoms with Gasteiger partial charge in [-0.15, -0.1) is 11.6 Å². The monoisotopic (exact) mass is 257 g/mol. The third-order valence-corrected chi connectivity index (χ3v) is 4.04. The van der Waals surface area contributed by atoms with E-state index >= 15 is 0 Å². The second-order valence-corrected chi connectivity index (χ2v) is 5.44. The number of halogens is 1. The molecule has 1 fully saturated rings. The minimum Gasteiger partial charge on any atom is -0.342 e. The zero-order valence-electron chi connectivity index (χ0n) is 9.19. The van der Waals surface area contributed by atoms with E-state index in [-0.39, 0.29) is 5.91 Å². The fourth-order valence-corrected chi connectivity index (χ4v) is 3.11. The molecule has 0 N–H and O–H groups in total. The molecule has 1 atom stereocenters. The zero-order valence-corrected chi connectivity index (χ0v) is 10.8. The first-order chi connectivity index (χ1) is 7.79. The normalized spacial score (nSPS) is 20.3. The Kier molecular flexibility index (Phi) is 4.24. The van der Waals surface area contributed by atoms with Crippen molar-refractivity contribution < 1.29 is 4.79 Å². The van der Waals surface area contributed by atoms with Crippen LogP contribution in [0, 0.1) is 5.92 Å². The number of likely N-dealkylation sites (tertiary alicyclic amines) is 1. The van der Waals surface area contributed by atoms with E-state index in [9.17, 15) is 4.79 Å². The van der Waals surface area contributed by atoms with Gasteiger partial charge in [-0.3, -0.25) is 4.79 Å². The lowest BCUT2D eigenvalue weighted by Crippen LogP contribution is -2.30. The minimum atomic E-state index is 0.260. The third kappa shape index (κ3) is 2.98. The summed E-state index contributed by atoms with van der Waals surface area (Å²) >= 11 is 7.37. The molecule has 1 amide bonds. The molecule has 1 aliphatic rings. The number of rotatable bonds is 4. The molecule has 16 heavy (non-hydrogen) atoms. The highest BCUT2D eigenvalue weighted by atomic mass is 35.5. The third-order valence-electron chi connectivity index (χ3n) is 3.09. The van der Waals surface area contributed by atoms with Crippen LogP contribution in [0.1, 0.15) is 18.4 Å². The summed E-state index contributed by atoms with van der Waals surface area (Å²) in [4.78, 5) is 13.9. The highest BCUT2D eigenvalue weighted by Gasteiger charge is 2.25. The molecule has 88 valence electrons. The van der Waals surface area contributed by atoms with Crippen molar-refractivity contribution in [1.82, 2.24) is 4.90 Å². The Bertz CT molecular complexity index is 339. The van der Waals surface area contributed by atoms with E-state index in [1.54, 1.807) is 11.3 Å². The quantitative estimate of drug-likeness (QED) is 0.760. The second-order valence-electron chi connectivity index (χ2n) is 4.28. The molecule has 2 rings (SSSR count). The molecule has 1 aliphatic heterocycles. The lowest BCUT2D eigenvalue weighted by molar-refractivity contribution is -0.129. The van der Waals surface area contributed by atoms with Crippen LogP contribution < -0.4 is 0 Å². The molecule has 0 saturated carbocycles. The molecule has 1 aromatic heterocycles. The van der Waals surface area contributed by atoms with Gasteiger partial charge in [0.1, 0.15) is 0 Å². The summed E-state index contributed by atoms with van der Waals surface area (Å²) in [5, 5.41) is 4.06. The molecule has 0 aromatic carbocycles. The average molecular weight is 258 g/mol. The Morgan fingerprint density at radius 2 is 2.50 bits per heavy atom. The SMILES string of the molecule is O=C(Cc1ccsc1)N1CCC(CCCl)C1. The Balaban J connectivity index is 1.83. The van der Waals surface area contributed by atoms with Crippen molar-refractivity contribution in [3.05, 3.63) is 22.4 Å². The lowest BCUT2D eigenvalue weighted by Gasteiger charge is -2.15. The number of thiophene rings is 1. The van der Waals surface area contributed by atoms with Crippen LogP contribution in [0.5, 0.6) is 0 Å². The van der Waals surface area contributed by atoms with Gasteiger partial charge in [0.05, 0.1) is 6.42 Å². The summed E-state index contributed by atoms with van der Waals surface area (Å²) in [6.45, 7) is 1.81. The van der Waals surface area contributed by atoms with Crippen LogP contribution >= 0.6 is 22.9 Å². The van der Waals surface area contributed by atoms with Crippen molar-refractivity contribution in [2.45, 2.75) is 19.3 Å². The maximum absolute atomic E-state index is 12.0. The van der Waals surface area contributed by atoms with Crippen molar-refractivity contribution in [2.24, 2.45) is 5.92 Å². The minimum absolute atomic E-state index is 0.260. The fraction of sp³-hybridized carbons (Fsp3) is 0.583. The van der Waals surface area contributed by atoms with Gasteiger partial charge in [0.15, 0.2) is 0 Å². The molecule has 4 heteroatoms. The molecule has 0 bridgehead atoms. The van der Waals surface area contributed by atoms with Gasteiger partial charge in [0.2, 0.25) is 5.91 Å². The first-order valence-electron chi connectivity index (χ1n) is 5.64. The molecule has 0 radical (unpaired) electrons. The Morgan fingerprint density at radius 1 is 1.62 bits per heavy atom. The van der Waals surface area contributed by atoms with E-state index in [0.29, 0.717) is 18.2 Å². The van der Waals surface area contributed by atoms with Gasteiger partial charge >= 0.3 is 0 Å². The maximum Gasteiger partial charge on any atom is 0.227 e. The smallest absolute Gasteiger partial charge is 0.227 e. The first-order valence-corrected chi connectivity index (χ1v) is 7.12. The van der Waals surface area contributed by atoms with Crippen molar-refractivity contribution >= 4 is 28.8 Å². The summed E-state index contributed by atoms with van der Waals surface area (Å²) in [6.07, 6.45) is 2.70. The van der Waals surface area contributed by atoms with Gasteiger partial charge in [-0.1, -0.05) is 0 Å². The highest BCUT2D eigenvalue weighted by Crippen LogP contribution is 2.21. The predicted octanol–water partition coefficient (Wildman–Crippen LogP) is 2.77. The van der Waals surface area contributed by atoms with Gasteiger partial charge in [-0.2, -0.15) is 11.3 Å². The molecular weight excluding hydrogens is 242 g/mol. The van der Waals surface area contributed by atoms with Gasteiger partial charge in [0, 0.05) is 19.0 Å². The van der Waals surface area contributed by atoms with E-state index < -0.39 is 0 Å². The Hall–Kier alpha value is -0.540. The van der Waals surface area contributed by atoms with Gasteiger partial charge in [0.25, 0.3) is 0 Å². The van der Waals surface area contributed by atoms with Crippen LogP contribution in [-0.4, -0.2) is 29.8 Å². The maximum atomic E-state index is 12.0. The Morgan fingerprint density at radius 3 is 3.19 bits per heavy atom. The second kappa shape index (κ2) is 5.69. The van der Waals surface area contributed by atoms with Crippen molar-refractivity contribution in [3.8, 4) is 0 Å². The summed E-state index contributed by atoms with van der Waals surface area (Å²) in [5.41, 5.74) is 1.13. The van der Waals surface area contributed by atoms with Crippen molar-refractivity contribution in [2.75, 3.05) is 19.0 Å². The summed E-state index contributed by atoms with van der Waals surface area (Å²) in [5.74, 6) is 1.58. The predicted molar refractivity (Wildman–Crippen MR) is 68.0 cm³/mol. The van der Waals surface area contributed by atoms with Crippen molar-refractivity contribution in [3.63, 3.8) is 0 Å². The molecule has 1 saturated heterocycles. The Labute approximate surface area is 105 Å². The van der Waals surface area contributed by atoms with Crippen LogP contribution in [0.4, 0.5) is 0 Å². The molecule has 0 spiro atoms. The van der Waals surface area contributed by atoms with Gasteiger partial charge in [-0.05, 0) is 41.1 Å². The largest absolute Gasteiger partial charge is 0.342 e. The molecule has 2 heterocycles. The molecular formula is C12H16ClNOS. The topological polar surface area (TPSA) is 20.3 Å². The van der Waals surface area contributed by atoms with Crippen molar-refractivity contribution in [1.29, 1.82) is 0 Å². The number of hydrogen-bond donors (Lipinski definition) is 0. The zero-order chi connectivity index (χ0) is 11.4. The van der Waals surface area contributed by atoms with E-state index in [1.165, 1.54) is 0 Å². The van der Waals surface area contributed by atoms with Gasteiger partial charge < -0.3 is 4.90 Å². The van der Waals surface area contributed by atoms with E-state index in [0.717, 1.165) is 31.5 Å². The summed E-state index contributed by atoms with van der Waals surface area (Å²) in [7, 11) is 0. The number of carbonyl (C=O) groups is 1. The number of amides is 1. The van der Waals surface area contributed by atoms with Crippen LogP contribution in [0.2, 0.25) is 0 Å². The van der Waals surface area contributed by atoms with Crippen LogP contribution in [0.15, 0.2) is 16.8 Å². The van der Waals surface area contributed by atoms with E-state index in [2.05, 4.69) is 0 Å². The molecule has 2 nitrogen and oxygen atoms in total. The van der Waals surface area contributed by atoms with Crippen LogP contribution in [-0.2, 0) is 11.2 Å². The first kappa shape index (κ1) is 11.9. The van der Waals surface area contributed by atoms with Crippen LogP contribution in [0.3, 0.4) is 0 Å².